The van der Waals surface area contributed by atoms with Crippen molar-refractivity contribution < 1.29 is 19.4 Å². The Morgan fingerprint density at radius 3 is 2.19 bits per heavy atom. The lowest BCUT2D eigenvalue weighted by atomic mass is 10.2. The third-order valence-corrected chi connectivity index (χ3v) is 1.65. The predicted octanol–water partition coefficient (Wildman–Crippen LogP) is 1.29. The average molecular weight is 229 g/mol. The molecule has 0 heterocycles. The molecule has 0 unspecified atom stereocenters. The number of carbonyl (C=O) groups excluding carboxylic acids is 1. The van der Waals surface area contributed by atoms with Gasteiger partial charge in [-0.1, -0.05) is 6.08 Å². The van der Waals surface area contributed by atoms with Crippen molar-refractivity contribution in [3.05, 3.63) is 11.8 Å². The Hall–Kier alpha value is -1.52. The van der Waals surface area contributed by atoms with Gasteiger partial charge in [-0.05, 0) is 34.6 Å². The third-order valence-electron chi connectivity index (χ3n) is 1.65. The number of esters is 1. The molecule has 0 saturated carbocycles. The highest BCUT2D eigenvalue weighted by molar-refractivity contribution is 5.87. The summed E-state index contributed by atoms with van der Waals surface area (Å²) in [7, 11) is 0. The number of rotatable bonds is 4. The van der Waals surface area contributed by atoms with Crippen LogP contribution in [0.15, 0.2) is 11.8 Å². The number of ether oxygens (including phenoxy) is 1. The molecule has 0 rings (SSSR count). The molecule has 0 aromatic heterocycles. The topological polar surface area (TPSA) is 75.6 Å². The Morgan fingerprint density at radius 2 is 1.88 bits per heavy atom. The molecule has 0 spiro atoms. The van der Waals surface area contributed by atoms with Crippen molar-refractivity contribution in [1.82, 2.24) is 5.32 Å². The van der Waals surface area contributed by atoms with Gasteiger partial charge in [-0.2, -0.15) is 0 Å². The van der Waals surface area contributed by atoms with E-state index in [9.17, 15) is 9.59 Å². The van der Waals surface area contributed by atoms with Crippen LogP contribution in [0.5, 0.6) is 0 Å². The number of allylic oxidation sites excluding steroid dienone is 1. The molecule has 5 heteroatoms. The summed E-state index contributed by atoms with van der Waals surface area (Å²) in [5, 5.41) is 11.3. The van der Waals surface area contributed by atoms with Crippen LogP contribution in [0.25, 0.3) is 0 Å². The van der Waals surface area contributed by atoms with E-state index in [2.05, 4.69) is 5.32 Å². The van der Waals surface area contributed by atoms with Gasteiger partial charge in [0.25, 0.3) is 0 Å². The highest BCUT2D eigenvalue weighted by atomic mass is 16.6. The summed E-state index contributed by atoms with van der Waals surface area (Å²) in [6.45, 7) is 8.40. The van der Waals surface area contributed by atoms with Crippen molar-refractivity contribution in [2.75, 3.05) is 0 Å². The van der Waals surface area contributed by atoms with Gasteiger partial charge in [0.15, 0.2) is 0 Å². The van der Waals surface area contributed by atoms with E-state index in [-0.39, 0.29) is 5.70 Å². The summed E-state index contributed by atoms with van der Waals surface area (Å²) >= 11 is 0. The number of carboxylic acid groups (broad SMARTS) is 1. The third kappa shape index (κ3) is 5.38. The van der Waals surface area contributed by atoms with Gasteiger partial charge in [-0.3, -0.25) is 0 Å². The zero-order chi connectivity index (χ0) is 12.9. The van der Waals surface area contributed by atoms with Crippen LogP contribution in [0.1, 0.15) is 34.6 Å². The number of nitrogens with one attached hydrogen (secondary N) is 1. The molecule has 0 aromatic rings. The number of aliphatic carboxylic acids is 1. The number of hydrogen-bond acceptors (Lipinski definition) is 4. The molecule has 1 atom stereocenters. The number of carboxylic acids is 1. The van der Waals surface area contributed by atoms with Crippen molar-refractivity contribution in [2.24, 2.45) is 0 Å². The molecule has 5 nitrogen and oxygen atoms in total. The molecule has 2 N–H and O–H groups in total. The molecule has 0 amide bonds. The molecule has 0 aliphatic carbocycles. The second-order valence-corrected chi connectivity index (χ2v) is 4.41. The summed E-state index contributed by atoms with van der Waals surface area (Å²) in [5.74, 6) is -1.58. The van der Waals surface area contributed by atoms with Crippen LogP contribution in [-0.4, -0.2) is 28.7 Å². The van der Waals surface area contributed by atoms with E-state index in [1.54, 1.807) is 34.6 Å². The van der Waals surface area contributed by atoms with Gasteiger partial charge >= 0.3 is 11.9 Å². The fraction of sp³-hybridized carbons (Fsp3) is 0.636. The lowest BCUT2D eigenvalue weighted by molar-refractivity contribution is -0.156. The van der Waals surface area contributed by atoms with Crippen LogP contribution in [-0.2, 0) is 14.3 Å². The highest BCUT2D eigenvalue weighted by Gasteiger charge is 2.23. The predicted molar refractivity (Wildman–Crippen MR) is 59.8 cm³/mol. The molecule has 0 aliphatic heterocycles. The smallest absolute Gasteiger partial charge is 0.351 e. The molecule has 0 radical (unpaired) electrons. The first-order chi connectivity index (χ1) is 7.17. The molecule has 0 bridgehead atoms. The first-order valence-electron chi connectivity index (χ1n) is 5.06. The molecule has 0 fully saturated rings. The molecule has 0 aromatic carbocycles. The Labute approximate surface area is 95.5 Å². The maximum Gasteiger partial charge on any atom is 0.351 e. The van der Waals surface area contributed by atoms with Gasteiger partial charge in [-0.25, -0.2) is 9.59 Å². The zero-order valence-electron chi connectivity index (χ0n) is 10.3. The van der Waals surface area contributed by atoms with Gasteiger partial charge < -0.3 is 15.2 Å². The van der Waals surface area contributed by atoms with E-state index in [1.165, 1.54) is 6.08 Å². The standard InChI is InChI=1S/C11H19NO4/c1-6-8(9(13)14)12-7(2)10(15)16-11(3,4)5/h6-7,12H,1-5H3,(H,13,14)/t7-/m1/s1. The molecule has 16 heavy (non-hydrogen) atoms. The van der Waals surface area contributed by atoms with Gasteiger partial charge in [-0.15, -0.1) is 0 Å². The minimum Gasteiger partial charge on any atom is -0.477 e. The van der Waals surface area contributed by atoms with E-state index >= 15 is 0 Å². The summed E-state index contributed by atoms with van der Waals surface area (Å²) in [6.07, 6.45) is 1.39. The van der Waals surface area contributed by atoms with E-state index < -0.39 is 23.6 Å². The minimum absolute atomic E-state index is 0.0154. The quantitative estimate of drug-likeness (QED) is 0.561. The van der Waals surface area contributed by atoms with Crippen LogP contribution in [0.2, 0.25) is 0 Å². The van der Waals surface area contributed by atoms with E-state index in [4.69, 9.17) is 9.84 Å². The summed E-state index contributed by atoms with van der Waals surface area (Å²) < 4.78 is 5.10. The van der Waals surface area contributed by atoms with E-state index in [1.807, 2.05) is 0 Å². The Bertz CT molecular complexity index is 302. The normalized spacial score (nSPS) is 14.2. The second kappa shape index (κ2) is 5.53. The van der Waals surface area contributed by atoms with Crippen molar-refractivity contribution >= 4 is 11.9 Å². The number of carbonyl (C=O) groups is 2. The second-order valence-electron chi connectivity index (χ2n) is 4.41. The monoisotopic (exact) mass is 229 g/mol. The van der Waals surface area contributed by atoms with Crippen LogP contribution in [0.4, 0.5) is 0 Å². The lowest BCUT2D eigenvalue weighted by Crippen LogP contribution is -2.40. The molecular weight excluding hydrogens is 210 g/mol. The first kappa shape index (κ1) is 14.5. The fourth-order valence-electron chi connectivity index (χ4n) is 0.951. The van der Waals surface area contributed by atoms with Gasteiger partial charge in [0, 0.05) is 0 Å². The van der Waals surface area contributed by atoms with Crippen LogP contribution >= 0.6 is 0 Å². The summed E-state index contributed by atoms with van der Waals surface area (Å²) in [5.41, 5.74) is -0.592. The maximum atomic E-state index is 11.5. The molecule has 0 aliphatic rings. The number of hydrogen-bond donors (Lipinski definition) is 2. The summed E-state index contributed by atoms with van der Waals surface area (Å²) in [6, 6.07) is -0.693. The molecule has 92 valence electrons. The van der Waals surface area contributed by atoms with E-state index in [0.29, 0.717) is 0 Å². The van der Waals surface area contributed by atoms with Gasteiger partial charge in [0.1, 0.15) is 17.3 Å². The summed E-state index contributed by atoms with van der Waals surface area (Å²) in [4.78, 5) is 22.2. The van der Waals surface area contributed by atoms with Gasteiger partial charge in [0.05, 0.1) is 0 Å². The largest absolute Gasteiger partial charge is 0.477 e. The average Bonchev–Trinajstić information content (AvgIpc) is 2.10. The highest BCUT2D eigenvalue weighted by Crippen LogP contribution is 2.08. The van der Waals surface area contributed by atoms with Crippen molar-refractivity contribution in [3.63, 3.8) is 0 Å². The fourth-order valence-corrected chi connectivity index (χ4v) is 0.951. The zero-order valence-corrected chi connectivity index (χ0v) is 10.3. The van der Waals surface area contributed by atoms with Crippen molar-refractivity contribution in [3.8, 4) is 0 Å². The Morgan fingerprint density at radius 1 is 1.38 bits per heavy atom. The van der Waals surface area contributed by atoms with Crippen molar-refractivity contribution in [1.29, 1.82) is 0 Å². The molecule has 0 saturated heterocycles. The Kier molecular flexibility index (Phi) is 5.01. The van der Waals surface area contributed by atoms with Gasteiger partial charge in [0.2, 0.25) is 0 Å². The maximum absolute atomic E-state index is 11.5. The van der Waals surface area contributed by atoms with E-state index in [0.717, 1.165) is 0 Å². The minimum atomic E-state index is -1.10. The lowest BCUT2D eigenvalue weighted by Gasteiger charge is -2.23. The van der Waals surface area contributed by atoms with Crippen LogP contribution in [0.3, 0.4) is 0 Å². The van der Waals surface area contributed by atoms with Crippen molar-refractivity contribution in [2.45, 2.75) is 46.3 Å². The van der Waals surface area contributed by atoms with Crippen LogP contribution < -0.4 is 5.32 Å². The molecular formula is C11H19NO4. The Balaban J connectivity index is 4.42. The first-order valence-corrected chi connectivity index (χ1v) is 5.06. The SMILES string of the molecule is CC=C(N[C@H](C)C(=O)OC(C)(C)C)C(=O)O. The van der Waals surface area contributed by atoms with Crippen LogP contribution in [0, 0.1) is 0 Å².